The van der Waals surface area contributed by atoms with Crippen molar-refractivity contribution in [2.75, 3.05) is 24.9 Å². The van der Waals surface area contributed by atoms with Crippen molar-refractivity contribution >= 4 is 23.2 Å². The Balaban J connectivity index is 1.67. The topological polar surface area (TPSA) is 133 Å². The van der Waals surface area contributed by atoms with Gasteiger partial charge in [0.05, 0.1) is 24.7 Å². The fourth-order valence-electron chi connectivity index (χ4n) is 4.46. The van der Waals surface area contributed by atoms with Crippen molar-refractivity contribution in [3.8, 4) is 22.9 Å². The van der Waals surface area contributed by atoms with Crippen LogP contribution in [0.5, 0.6) is 11.5 Å². The summed E-state index contributed by atoms with van der Waals surface area (Å²) in [5.41, 5.74) is 2.61. The molecule has 11 nitrogen and oxygen atoms in total. The summed E-state index contributed by atoms with van der Waals surface area (Å²) in [5, 5.41) is 22.1. The lowest BCUT2D eigenvalue weighted by atomic mass is 9.94. The van der Waals surface area contributed by atoms with E-state index in [1.165, 1.54) is 26.4 Å². The fourth-order valence-corrected chi connectivity index (χ4v) is 4.46. The number of carbonyl (C=O) groups excluding carboxylic acids is 1. The Morgan fingerprint density at radius 1 is 1.05 bits per heavy atom. The molecule has 1 amide bonds. The SMILES string of the molecule is COc1cccc(C2C(C(=O)Nc3ccccc3)=C(C)Nc3nc(-c4cccc([N+](=O)[O-])c4)nn32)c1OC. The molecule has 1 aromatic heterocycles. The first-order valence-electron chi connectivity index (χ1n) is 11.7. The number of ether oxygens (including phenoxy) is 2. The Labute approximate surface area is 217 Å². The Kier molecular flexibility index (Phi) is 6.48. The van der Waals surface area contributed by atoms with Crippen molar-refractivity contribution in [2.45, 2.75) is 13.0 Å². The number of rotatable bonds is 7. The van der Waals surface area contributed by atoms with Gasteiger partial charge in [-0.1, -0.05) is 42.5 Å². The predicted octanol–water partition coefficient (Wildman–Crippen LogP) is 4.80. The molecule has 38 heavy (non-hydrogen) atoms. The zero-order valence-corrected chi connectivity index (χ0v) is 20.8. The first-order chi connectivity index (χ1) is 18.4. The van der Waals surface area contributed by atoms with E-state index in [-0.39, 0.29) is 17.4 Å². The van der Waals surface area contributed by atoms with E-state index in [0.717, 1.165) is 0 Å². The van der Waals surface area contributed by atoms with Gasteiger partial charge in [0.25, 0.3) is 11.6 Å². The molecule has 0 radical (unpaired) electrons. The van der Waals surface area contributed by atoms with Crippen LogP contribution in [0.25, 0.3) is 11.4 Å². The molecule has 2 heterocycles. The number of benzene rings is 3. The van der Waals surface area contributed by atoms with Crippen LogP contribution in [0.1, 0.15) is 18.5 Å². The minimum absolute atomic E-state index is 0.0773. The second-order valence-corrected chi connectivity index (χ2v) is 8.48. The maximum absolute atomic E-state index is 13.7. The Hall–Kier alpha value is -5.19. The normalized spacial score (nSPS) is 14.3. The van der Waals surface area contributed by atoms with Gasteiger partial charge >= 0.3 is 0 Å². The van der Waals surface area contributed by atoms with Crippen LogP contribution in [0.4, 0.5) is 17.3 Å². The number of carbonyl (C=O) groups is 1. The van der Waals surface area contributed by atoms with E-state index in [9.17, 15) is 14.9 Å². The van der Waals surface area contributed by atoms with Crippen molar-refractivity contribution in [1.29, 1.82) is 0 Å². The van der Waals surface area contributed by atoms with E-state index < -0.39 is 11.0 Å². The zero-order valence-electron chi connectivity index (χ0n) is 20.8. The van der Waals surface area contributed by atoms with Gasteiger partial charge in [-0.2, -0.15) is 4.98 Å². The molecule has 11 heteroatoms. The molecule has 0 spiro atoms. The number of nitro groups is 1. The third-order valence-electron chi connectivity index (χ3n) is 6.17. The Bertz CT molecular complexity index is 1560. The highest BCUT2D eigenvalue weighted by Gasteiger charge is 2.37. The van der Waals surface area contributed by atoms with Crippen molar-refractivity contribution in [1.82, 2.24) is 14.8 Å². The summed E-state index contributed by atoms with van der Waals surface area (Å²) in [7, 11) is 3.06. The third kappa shape index (κ3) is 4.41. The zero-order chi connectivity index (χ0) is 26.8. The summed E-state index contributed by atoms with van der Waals surface area (Å²) in [6.45, 7) is 1.78. The molecule has 0 fully saturated rings. The fraction of sp³-hybridized carbons (Fsp3) is 0.148. The number of aromatic nitrogens is 3. The smallest absolute Gasteiger partial charge is 0.270 e. The third-order valence-corrected chi connectivity index (χ3v) is 6.17. The number of fused-ring (bicyclic) bond motifs is 1. The number of amides is 1. The largest absolute Gasteiger partial charge is 0.493 e. The minimum atomic E-state index is -0.750. The number of allylic oxidation sites excluding steroid dienone is 1. The number of nitrogens with one attached hydrogen (secondary N) is 2. The number of nitrogens with zero attached hydrogens (tertiary/aromatic N) is 4. The lowest BCUT2D eigenvalue weighted by Crippen LogP contribution is -2.31. The van der Waals surface area contributed by atoms with Crippen molar-refractivity contribution in [3.63, 3.8) is 0 Å². The molecular weight excluding hydrogens is 488 g/mol. The Morgan fingerprint density at radius 2 is 1.82 bits per heavy atom. The van der Waals surface area contributed by atoms with Gasteiger partial charge in [0.15, 0.2) is 17.3 Å². The van der Waals surface area contributed by atoms with Gasteiger partial charge in [-0.15, -0.1) is 5.10 Å². The first-order valence-corrected chi connectivity index (χ1v) is 11.7. The summed E-state index contributed by atoms with van der Waals surface area (Å²) in [4.78, 5) is 29.2. The number of para-hydroxylation sites is 2. The first kappa shape index (κ1) is 24.5. The number of nitro benzene ring substituents is 1. The van der Waals surface area contributed by atoms with Crippen LogP contribution in [-0.2, 0) is 4.79 Å². The van der Waals surface area contributed by atoms with E-state index in [1.807, 2.05) is 24.3 Å². The van der Waals surface area contributed by atoms with Crippen LogP contribution in [0.2, 0.25) is 0 Å². The van der Waals surface area contributed by atoms with E-state index in [2.05, 4.69) is 15.6 Å². The molecular formula is C27H24N6O5. The van der Waals surface area contributed by atoms with Gasteiger partial charge in [0, 0.05) is 34.6 Å². The summed E-state index contributed by atoms with van der Waals surface area (Å²) in [6.07, 6.45) is 0. The predicted molar refractivity (Wildman–Crippen MR) is 141 cm³/mol. The molecule has 0 saturated carbocycles. The number of hydrogen-bond donors (Lipinski definition) is 2. The average Bonchev–Trinajstić information content (AvgIpc) is 3.36. The lowest BCUT2D eigenvalue weighted by molar-refractivity contribution is -0.384. The molecule has 0 bridgehead atoms. The number of methoxy groups -OCH3 is 2. The second kappa shape index (κ2) is 10.1. The van der Waals surface area contributed by atoms with Gasteiger partial charge in [0.1, 0.15) is 6.04 Å². The minimum Gasteiger partial charge on any atom is -0.493 e. The summed E-state index contributed by atoms with van der Waals surface area (Å²) in [6, 6.07) is 19.9. The molecule has 0 aliphatic carbocycles. The van der Waals surface area contributed by atoms with Gasteiger partial charge < -0.3 is 20.1 Å². The van der Waals surface area contributed by atoms with Gasteiger partial charge in [0.2, 0.25) is 5.95 Å². The highest BCUT2D eigenvalue weighted by atomic mass is 16.6. The summed E-state index contributed by atoms with van der Waals surface area (Å²) >= 11 is 0. The van der Waals surface area contributed by atoms with Crippen molar-refractivity contribution in [2.24, 2.45) is 0 Å². The number of hydrogen-bond acceptors (Lipinski definition) is 8. The average molecular weight is 513 g/mol. The molecule has 2 N–H and O–H groups in total. The molecule has 1 aliphatic heterocycles. The highest BCUT2D eigenvalue weighted by molar-refractivity contribution is 6.06. The quantitative estimate of drug-likeness (QED) is 0.267. The molecule has 1 atom stereocenters. The van der Waals surface area contributed by atoms with E-state index in [1.54, 1.807) is 48.0 Å². The molecule has 1 aliphatic rings. The monoisotopic (exact) mass is 512 g/mol. The van der Waals surface area contributed by atoms with Gasteiger partial charge in [-0.05, 0) is 25.1 Å². The number of anilines is 2. The van der Waals surface area contributed by atoms with Crippen LogP contribution >= 0.6 is 0 Å². The molecule has 5 rings (SSSR count). The second-order valence-electron chi connectivity index (χ2n) is 8.48. The van der Waals surface area contributed by atoms with E-state index in [0.29, 0.717) is 45.5 Å². The van der Waals surface area contributed by atoms with E-state index in [4.69, 9.17) is 14.6 Å². The maximum atomic E-state index is 13.7. The van der Waals surface area contributed by atoms with Crippen molar-refractivity contribution < 1.29 is 19.2 Å². The molecule has 0 saturated heterocycles. The van der Waals surface area contributed by atoms with Gasteiger partial charge in [-0.25, -0.2) is 4.68 Å². The van der Waals surface area contributed by atoms with Crippen LogP contribution in [-0.4, -0.2) is 39.8 Å². The molecule has 192 valence electrons. The van der Waals surface area contributed by atoms with Crippen LogP contribution < -0.4 is 20.1 Å². The van der Waals surface area contributed by atoms with Crippen LogP contribution in [0.3, 0.4) is 0 Å². The van der Waals surface area contributed by atoms with Crippen molar-refractivity contribution in [3.05, 3.63) is 99.7 Å². The molecule has 1 unspecified atom stereocenters. The Morgan fingerprint density at radius 3 is 2.53 bits per heavy atom. The highest BCUT2D eigenvalue weighted by Crippen LogP contribution is 2.43. The summed E-state index contributed by atoms with van der Waals surface area (Å²) < 4.78 is 12.8. The van der Waals surface area contributed by atoms with E-state index >= 15 is 0 Å². The molecule has 4 aromatic rings. The van der Waals surface area contributed by atoms with Crippen LogP contribution in [0, 0.1) is 10.1 Å². The summed E-state index contributed by atoms with van der Waals surface area (Å²) in [5.74, 6) is 1.23. The molecule has 3 aromatic carbocycles. The van der Waals surface area contributed by atoms with Crippen LogP contribution in [0.15, 0.2) is 84.1 Å². The van der Waals surface area contributed by atoms with Gasteiger partial charge in [-0.3, -0.25) is 14.9 Å². The maximum Gasteiger partial charge on any atom is 0.270 e. The standard InChI is InChI=1S/C27H24N6O5/c1-16-22(26(34)29-18-10-5-4-6-11-18)23(20-13-8-14-21(37-2)24(20)38-3)32-27(28-16)30-25(31-32)17-9-7-12-19(15-17)33(35)36/h4-15,23H,1-3H3,(H,29,34)(H,28,30,31). The lowest BCUT2D eigenvalue weighted by Gasteiger charge is -2.30. The number of non-ortho nitro benzene ring substituents is 1.